The van der Waals surface area contributed by atoms with Crippen molar-refractivity contribution in [2.45, 2.75) is 71.2 Å². The Balaban J connectivity index is 1.94. The van der Waals surface area contributed by atoms with Crippen LogP contribution in [0.1, 0.15) is 53.9 Å². The van der Waals surface area contributed by atoms with Crippen molar-refractivity contribution < 1.29 is 4.74 Å². The number of rotatable bonds is 9. The zero-order valence-corrected chi connectivity index (χ0v) is 17.2. The number of hydrogen-bond acceptors (Lipinski definition) is 7. The van der Waals surface area contributed by atoms with Crippen LogP contribution in [0.3, 0.4) is 0 Å². The van der Waals surface area contributed by atoms with E-state index in [1.165, 1.54) is 18.2 Å². The molecule has 2 N–H and O–H groups in total. The molecule has 1 aliphatic carbocycles. The molecule has 0 radical (unpaired) electrons. The fourth-order valence-electron chi connectivity index (χ4n) is 3.44. The maximum absolute atomic E-state index is 5.56. The normalized spacial score (nSPS) is 22.4. The Labute approximate surface area is 156 Å². The van der Waals surface area contributed by atoms with Crippen molar-refractivity contribution in [2.24, 2.45) is 11.3 Å². The summed E-state index contributed by atoms with van der Waals surface area (Å²) in [6, 6.07) is 0.416. The Bertz CT molecular complexity index is 552. The predicted molar refractivity (Wildman–Crippen MR) is 105 cm³/mol. The number of thioether (sulfide) groups is 1. The number of hydrogen-bond donors (Lipinski definition) is 2. The van der Waals surface area contributed by atoms with Crippen molar-refractivity contribution in [3.8, 4) is 0 Å². The first kappa shape index (κ1) is 20.2. The molecule has 2 rings (SSSR count). The Morgan fingerprint density at radius 2 is 1.92 bits per heavy atom. The molecule has 1 heterocycles. The predicted octanol–water partition coefficient (Wildman–Crippen LogP) is 4.06. The van der Waals surface area contributed by atoms with Gasteiger partial charge in [0.15, 0.2) is 5.16 Å². The molecule has 2 atom stereocenters. The molecule has 0 bridgehead atoms. The summed E-state index contributed by atoms with van der Waals surface area (Å²) in [5.41, 5.74) is 0.379. The summed E-state index contributed by atoms with van der Waals surface area (Å²) in [7, 11) is 0. The minimum atomic E-state index is 0.272. The smallest absolute Gasteiger partial charge is 0.228 e. The lowest BCUT2D eigenvalue weighted by molar-refractivity contribution is 0.0787. The van der Waals surface area contributed by atoms with Crippen LogP contribution in [0.25, 0.3) is 0 Å². The first-order chi connectivity index (χ1) is 11.8. The highest BCUT2D eigenvalue weighted by atomic mass is 32.2. The lowest BCUT2D eigenvalue weighted by Crippen LogP contribution is -2.24. The Kier molecular flexibility index (Phi) is 7.31. The summed E-state index contributed by atoms with van der Waals surface area (Å²) >= 11 is 1.54. The van der Waals surface area contributed by atoms with Crippen LogP contribution in [0.15, 0.2) is 5.16 Å². The van der Waals surface area contributed by atoms with Gasteiger partial charge in [-0.1, -0.05) is 32.5 Å². The van der Waals surface area contributed by atoms with E-state index in [1.54, 1.807) is 0 Å². The van der Waals surface area contributed by atoms with Crippen molar-refractivity contribution in [3.63, 3.8) is 0 Å². The molecule has 0 saturated heterocycles. The van der Waals surface area contributed by atoms with Crippen LogP contribution in [0, 0.1) is 11.3 Å². The zero-order valence-electron chi connectivity index (χ0n) is 16.4. The molecule has 1 aliphatic rings. The molecular formula is C18H33N5OS. The van der Waals surface area contributed by atoms with Crippen LogP contribution in [0.2, 0.25) is 0 Å². The highest BCUT2D eigenvalue weighted by molar-refractivity contribution is 7.98. The number of nitrogens with one attached hydrogen (secondary N) is 2. The van der Waals surface area contributed by atoms with E-state index in [4.69, 9.17) is 4.74 Å². The van der Waals surface area contributed by atoms with Gasteiger partial charge in [0.05, 0.1) is 6.10 Å². The summed E-state index contributed by atoms with van der Waals surface area (Å²) < 4.78 is 5.56. The summed E-state index contributed by atoms with van der Waals surface area (Å²) in [4.78, 5) is 13.5. The van der Waals surface area contributed by atoms with E-state index >= 15 is 0 Å². The average Bonchev–Trinajstić information content (AvgIpc) is 2.78. The van der Waals surface area contributed by atoms with Crippen LogP contribution >= 0.6 is 11.8 Å². The van der Waals surface area contributed by atoms with Crippen LogP contribution in [-0.4, -0.2) is 46.5 Å². The van der Waals surface area contributed by atoms with Gasteiger partial charge in [-0.3, -0.25) is 0 Å². The third kappa shape index (κ3) is 6.62. The summed E-state index contributed by atoms with van der Waals surface area (Å²) in [6.07, 6.45) is 5.56. The van der Waals surface area contributed by atoms with E-state index in [-0.39, 0.29) is 6.10 Å². The summed E-state index contributed by atoms with van der Waals surface area (Å²) in [6.45, 7) is 12.6. The molecule has 1 saturated carbocycles. The standard InChI is InChI=1S/C18H33N5OS/c1-12(2)24-9-7-8-19-15-21-16(23-17(22-15)25-6)20-14-11-18(4,5)10-13(14)3/h12-14H,7-11H2,1-6H3,(H2,19,20,21,22,23). The summed E-state index contributed by atoms with van der Waals surface area (Å²) in [5.74, 6) is 1.93. The van der Waals surface area contributed by atoms with Gasteiger partial charge in [0.2, 0.25) is 11.9 Å². The van der Waals surface area contributed by atoms with E-state index in [2.05, 4.69) is 46.4 Å². The van der Waals surface area contributed by atoms with E-state index in [1.807, 2.05) is 20.1 Å². The van der Waals surface area contributed by atoms with Gasteiger partial charge in [0.25, 0.3) is 0 Å². The minimum Gasteiger partial charge on any atom is -0.379 e. The zero-order chi connectivity index (χ0) is 18.4. The first-order valence-electron chi connectivity index (χ1n) is 9.21. The van der Waals surface area contributed by atoms with Crippen molar-refractivity contribution in [3.05, 3.63) is 0 Å². The quantitative estimate of drug-likeness (QED) is 0.504. The molecule has 0 amide bonds. The second-order valence-corrected chi connectivity index (χ2v) is 8.74. The lowest BCUT2D eigenvalue weighted by atomic mass is 9.91. The fourth-order valence-corrected chi connectivity index (χ4v) is 3.79. The third-order valence-electron chi connectivity index (χ3n) is 4.50. The minimum absolute atomic E-state index is 0.272. The Morgan fingerprint density at radius 3 is 2.52 bits per heavy atom. The molecule has 2 unspecified atom stereocenters. The second-order valence-electron chi connectivity index (χ2n) is 7.97. The molecule has 0 aromatic carbocycles. The average molecular weight is 368 g/mol. The highest BCUT2D eigenvalue weighted by Gasteiger charge is 2.37. The molecule has 142 valence electrons. The van der Waals surface area contributed by atoms with Gasteiger partial charge in [0.1, 0.15) is 0 Å². The van der Waals surface area contributed by atoms with Gasteiger partial charge in [0, 0.05) is 19.2 Å². The monoisotopic (exact) mass is 367 g/mol. The number of nitrogens with zero attached hydrogens (tertiary/aromatic N) is 3. The maximum Gasteiger partial charge on any atom is 0.228 e. The second kappa shape index (κ2) is 9.03. The van der Waals surface area contributed by atoms with Crippen LogP contribution in [0.4, 0.5) is 11.9 Å². The molecule has 1 fully saturated rings. The van der Waals surface area contributed by atoms with Crippen molar-refractivity contribution in [1.82, 2.24) is 15.0 Å². The van der Waals surface area contributed by atoms with E-state index in [0.29, 0.717) is 29.3 Å². The summed E-state index contributed by atoms with van der Waals surface area (Å²) in [5, 5.41) is 7.57. The SMILES string of the molecule is CSc1nc(NCCCOC(C)C)nc(NC2CC(C)(C)CC2C)n1. The van der Waals surface area contributed by atoms with E-state index in [9.17, 15) is 0 Å². The van der Waals surface area contributed by atoms with Crippen molar-refractivity contribution in [2.75, 3.05) is 30.0 Å². The maximum atomic E-state index is 5.56. The number of aromatic nitrogens is 3. The number of ether oxygens (including phenoxy) is 1. The van der Waals surface area contributed by atoms with Crippen LogP contribution < -0.4 is 10.6 Å². The topological polar surface area (TPSA) is 72.0 Å². The first-order valence-corrected chi connectivity index (χ1v) is 10.4. The molecule has 6 nitrogen and oxygen atoms in total. The van der Waals surface area contributed by atoms with Gasteiger partial charge in [-0.15, -0.1) is 0 Å². The van der Waals surface area contributed by atoms with E-state index in [0.717, 1.165) is 31.1 Å². The van der Waals surface area contributed by atoms with Gasteiger partial charge < -0.3 is 15.4 Å². The highest BCUT2D eigenvalue weighted by Crippen LogP contribution is 2.41. The molecule has 1 aromatic heterocycles. The van der Waals surface area contributed by atoms with Gasteiger partial charge >= 0.3 is 0 Å². The Hall–Kier alpha value is -1.08. The van der Waals surface area contributed by atoms with Gasteiger partial charge in [-0.05, 0) is 50.7 Å². The molecule has 7 heteroatoms. The van der Waals surface area contributed by atoms with Gasteiger partial charge in [-0.25, -0.2) is 0 Å². The van der Waals surface area contributed by atoms with Crippen molar-refractivity contribution in [1.29, 1.82) is 0 Å². The van der Waals surface area contributed by atoms with Gasteiger partial charge in [-0.2, -0.15) is 15.0 Å². The lowest BCUT2D eigenvalue weighted by Gasteiger charge is -2.19. The third-order valence-corrected chi connectivity index (χ3v) is 5.05. The van der Waals surface area contributed by atoms with E-state index < -0.39 is 0 Å². The molecule has 0 aliphatic heterocycles. The number of anilines is 2. The van der Waals surface area contributed by atoms with Crippen LogP contribution in [-0.2, 0) is 4.74 Å². The fraction of sp³-hybridized carbons (Fsp3) is 0.833. The molecular weight excluding hydrogens is 334 g/mol. The molecule has 0 spiro atoms. The van der Waals surface area contributed by atoms with Crippen LogP contribution in [0.5, 0.6) is 0 Å². The van der Waals surface area contributed by atoms with Crippen molar-refractivity contribution >= 4 is 23.7 Å². The molecule has 25 heavy (non-hydrogen) atoms. The largest absolute Gasteiger partial charge is 0.379 e. The Morgan fingerprint density at radius 1 is 1.20 bits per heavy atom. The molecule has 1 aromatic rings.